The van der Waals surface area contributed by atoms with Gasteiger partial charge < -0.3 is 15.7 Å². The Balaban J connectivity index is 1.74. The largest absolute Gasteiger partial charge is 0.481 e. The molecule has 1 fully saturated rings. The highest BCUT2D eigenvalue weighted by Crippen LogP contribution is 2.23. The summed E-state index contributed by atoms with van der Waals surface area (Å²) in [6.07, 6.45) is 1.21. The Morgan fingerprint density at radius 1 is 1.12 bits per heavy atom. The number of aliphatic carboxylic acids is 1. The molecule has 2 amide bonds. The fraction of sp³-hybridized carbons (Fsp3) is 0.500. The maximum atomic E-state index is 12.5. The van der Waals surface area contributed by atoms with E-state index in [9.17, 15) is 18.0 Å². The van der Waals surface area contributed by atoms with Gasteiger partial charge in [0.1, 0.15) is 0 Å². The average Bonchev–Trinajstić information content (AvgIpc) is 2.61. The lowest BCUT2D eigenvalue weighted by molar-refractivity contribution is -0.136. The molecule has 0 atom stereocenters. The normalized spacial score (nSPS) is 16.3. The van der Waals surface area contributed by atoms with Crippen LogP contribution in [-0.4, -0.2) is 56.0 Å². The Morgan fingerprint density at radius 2 is 1.76 bits per heavy atom. The maximum Gasteiger partial charge on any atom is 0.314 e. The van der Waals surface area contributed by atoms with Gasteiger partial charge in [-0.05, 0) is 30.9 Å². The molecule has 0 spiro atoms. The number of carbonyl (C=O) groups is 2. The minimum atomic E-state index is -3.46. The second-order valence-corrected chi connectivity index (χ2v) is 7.88. The van der Waals surface area contributed by atoms with Crippen LogP contribution in [0, 0.1) is 5.92 Å². The molecule has 1 aliphatic heterocycles. The van der Waals surface area contributed by atoms with Crippen LogP contribution in [0.1, 0.15) is 19.3 Å². The number of carboxylic acid groups (broad SMARTS) is 1. The van der Waals surface area contributed by atoms with Gasteiger partial charge in [-0.3, -0.25) is 4.79 Å². The van der Waals surface area contributed by atoms with Gasteiger partial charge in [0.05, 0.1) is 11.3 Å². The van der Waals surface area contributed by atoms with Crippen molar-refractivity contribution in [1.29, 1.82) is 0 Å². The molecular weight excluding hydrogens is 346 g/mol. The van der Waals surface area contributed by atoms with Crippen LogP contribution in [0.15, 0.2) is 35.2 Å². The lowest BCUT2D eigenvalue weighted by Gasteiger charge is -2.31. The van der Waals surface area contributed by atoms with Crippen LogP contribution < -0.4 is 10.6 Å². The number of amides is 2. The van der Waals surface area contributed by atoms with Gasteiger partial charge >= 0.3 is 12.0 Å². The summed E-state index contributed by atoms with van der Waals surface area (Å²) in [5.41, 5.74) is 0. The fourth-order valence-corrected chi connectivity index (χ4v) is 4.17. The van der Waals surface area contributed by atoms with Crippen molar-refractivity contribution in [1.82, 2.24) is 14.9 Å². The summed E-state index contributed by atoms with van der Waals surface area (Å²) in [5.74, 6) is -0.764. The number of carbonyl (C=O) groups excluding carboxylic acids is 1. The third-order valence-corrected chi connectivity index (χ3v) is 6.04. The number of nitrogens with zero attached hydrogens (tertiary/aromatic N) is 1. The molecule has 1 heterocycles. The molecule has 0 unspecified atom stereocenters. The second kappa shape index (κ2) is 8.82. The first-order valence-electron chi connectivity index (χ1n) is 8.18. The Bertz CT molecular complexity index is 685. The van der Waals surface area contributed by atoms with Gasteiger partial charge in [0.2, 0.25) is 10.0 Å². The molecule has 1 aliphatic rings. The molecule has 1 saturated heterocycles. The molecule has 0 saturated carbocycles. The summed E-state index contributed by atoms with van der Waals surface area (Å²) in [6, 6.07) is 7.95. The number of rotatable bonds is 7. The van der Waals surface area contributed by atoms with Crippen molar-refractivity contribution in [3.05, 3.63) is 30.3 Å². The highest BCUT2D eigenvalue weighted by atomic mass is 32.2. The van der Waals surface area contributed by atoms with E-state index in [-0.39, 0.29) is 18.9 Å². The van der Waals surface area contributed by atoms with Crippen molar-refractivity contribution in [2.24, 2.45) is 5.92 Å². The summed E-state index contributed by atoms with van der Waals surface area (Å²) in [4.78, 5) is 22.2. The number of hydrogen-bond donors (Lipinski definition) is 3. The van der Waals surface area contributed by atoms with E-state index < -0.39 is 22.0 Å². The highest BCUT2D eigenvalue weighted by Gasteiger charge is 2.29. The number of hydrogen-bond acceptors (Lipinski definition) is 4. The topological polar surface area (TPSA) is 116 Å². The van der Waals surface area contributed by atoms with Crippen molar-refractivity contribution in [2.75, 3.05) is 26.2 Å². The van der Waals surface area contributed by atoms with Crippen molar-refractivity contribution in [2.45, 2.75) is 24.2 Å². The molecule has 1 aromatic rings. The van der Waals surface area contributed by atoms with Gasteiger partial charge in [0, 0.05) is 26.2 Å². The van der Waals surface area contributed by atoms with Gasteiger partial charge in [-0.15, -0.1) is 0 Å². The quantitative estimate of drug-likeness (QED) is 0.659. The third kappa shape index (κ3) is 5.71. The molecule has 0 radical (unpaired) electrons. The van der Waals surface area contributed by atoms with E-state index >= 15 is 0 Å². The first-order chi connectivity index (χ1) is 11.9. The first kappa shape index (κ1) is 19.2. The Kier molecular flexibility index (Phi) is 6.77. The first-order valence-corrected chi connectivity index (χ1v) is 9.62. The monoisotopic (exact) mass is 369 g/mol. The highest BCUT2D eigenvalue weighted by molar-refractivity contribution is 7.89. The molecule has 138 valence electrons. The fourth-order valence-electron chi connectivity index (χ4n) is 2.68. The van der Waals surface area contributed by atoms with E-state index in [1.807, 2.05) is 0 Å². The number of carboxylic acids is 1. The van der Waals surface area contributed by atoms with Crippen LogP contribution in [0.3, 0.4) is 0 Å². The van der Waals surface area contributed by atoms with Gasteiger partial charge in [-0.2, -0.15) is 4.31 Å². The van der Waals surface area contributed by atoms with Gasteiger partial charge in [0.25, 0.3) is 0 Å². The van der Waals surface area contributed by atoms with Gasteiger partial charge in [-0.25, -0.2) is 13.2 Å². The van der Waals surface area contributed by atoms with E-state index in [0.717, 1.165) is 0 Å². The zero-order valence-electron chi connectivity index (χ0n) is 13.8. The van der Waals surface area contributed by atoms with Crippen molar-refractivity contribution >= 4 is 22.0 Å². The molecule has 3 N–H and O–H groups in total. The zero-order valence-corrected chi connectivity index (χ0v) is 14.7. The molecule has 0 bridgehead atoms. The number of nitrogens with one attached hydrogen (secondary N) is 2. The van der Waals surface area contributed by atoms with Crippen LogP contribution in [-0.2, 0) is 14.8 Å². The van der Waals surface area contributed by atoms with Crippen molar-refractivity contribution < 1.29 is 23.1 Å². The van der Waals surface area contributed by atoms with Gasteiger partial charge in [0.15, 0.2) is 0 Å². The smallest absolute Gasteiger partial charge is 0.314 e. The lowest BCUT2D eigenvalue weighted by atomic mass is 9.98. The van der Waals surface area contributed by atoms with Crippen LogP contribution in [0.5, 0.6) is 0 Å². The minimum absolute atomic E-state index is 0.0783. The molecule has 1 aromatic carbocycles. The Morgan fingerprint density at radius 3 is 2.36 bits per heavy atom. The maximum absolute atomic E-state index is 12.5. The molecule has 9 heteroatoms. The van der Waals surface area contributed by atoms with Crippen molar-refractivity contribution in [3.8, 4) is 0 Å². The van der Waals surface area contributed by atoms with Gasteiger partial charge in [-0.1, -0.05) is 18.2 Å². The van der Waals surface area contributed by atoms with E-state index in [1.54, 1.807) is 30.3 Å². The number of benzene rings is 1. The molecule has 2 rings (SSSR count). The van der Waals surface area contributed by atoms with Crippen LogP contribution >= 0.6 is 0 Å². The summed E-state index contributed by atoms with van der Waals surface area (Å²) in [5, 5.41) is 13.7. The molecule has 8 nitrogen and oxygen atoms in total. The predicted molar refractivity (Wildman–Crippen MR) is 91.6 cm³/mol. The van der Waals surface area contributed by atoms with E-state index in [2.05, 4.69) is 10.6 Å². The summed E-state index contributed by atoms with van der Waals surface area (Å²) < 4.78 is 26.5. The Labute approximate surface area is 147 Å². The summed E-state index contributed by atoms with van der Waals surface area (Å²) >= 11 is 0. The predicted octanol–water partition coefficient (Wildman–Crippen LogP) is 0.861. The number of sulfonamides is 1. The SMILES string of the molecule is O=C(O)CCNC(=O)NCC1CCN(S(=O)(=O)c2ccccc2)CC1. The number of piperidine rings is 1. The van der Waals surface area contributed by atoms with Crippen molar-refractivity contribution in [3.63, 3.8) is 0 Å². The third-order valence-electron chi connectivity index (χ3n) is 4.13. The van der Waals surface area contributed by atoms with E-state index in [1.165, 1.54) is 4.31 Å². The molecule has 25 heavy (non-hydrogen) atoms. The molecule has 0 aliphatic carbocycles. The molecular formula is C16H23N3O5S. The van der Waals surface area contributed by atoms with E-state index in [0.29, 0.717) is 37.4 Å². The minimum Gasteiger partial charge on any atom is -0.481 e. The second-order valence-electron chi connectivity index (χ2n) is 5.94. The Hall–Kier alpha value is -2.13. The lowest BCUT2D eigenvalue weighted by Crippen LogP contribution is -2.43. The van der Waals surface area contributed by atoms with Crippen LogP contribution in [0.2, 0.25) is 0 Å². The van der Waals surface area contributed by atoms with Crippen LogP contribution in [0.25, 0.3) is 0 Å². The summed E-state index contributed by atoms with van der Waals surface area (Å²) in [6.45, 7) is 1.36. The molecule has 0 aromatic heterocycles. The summed E-state index contributed by atoms with van der Waals surface area (Å²) in [7, 11) is -3.46. The zero-order chi connectivity index (χ0) is 18.3. The van der Waals surface area contributed by atoms with Crippen LogP contribution in [0.4, 0.5) is 4.79 Å². The number of urea groups is 1. The van der Waals surface area contributed by atoms with E-state index in [4.69, 9.17) is 5.11 Å². The average molecular weight is 369 g/mol. The standard InChI is InChI=1S/C16H23N3O5S/c20-15(21)6-9-17-16(22)18-12-13-7-10-19(11-8-13)25(23,24)14-4-2-1-3-5-14/h1-5,13H,6-12H2,(H,20,21)(H2,17,18,22).